The van der Waals surface area contributed by atoms with Gasteiger partial charge in [0.15, 0.2) is 0 Å². The second kappa shape index (κ2) is 7.78. The summed E-state index contributed by atoms with van der Waals surface area (Å²) in [4.78, 5) is 28.3. The second-order valence-corrected chi connectivity index (χ2v) is 6.22. The van der Waals surface area contributed by atoms with Gasteiger partial charge in [-0.15, -0.1) is 0 Å². The van der Waals surface area contributed by atoms with Gasteiger partial charge in [0.25, 0.3) is 0 Å². The fourth-order valence-corrected chi connectivity index (χ4v) is 3.53. The maximum atomic E-state index is 12.5. The molecule has 5 nitrogen and oxygen atoms in total. The molecule has 1 unspecified atom stereocenters. The molecule has 0 saturated carbocycles. The lowest BCUT2D eigenvalue weighted by atomic mass is 9.96. The van der Waals surface area contributed by atoms with E-state index in [-0.39, 0.29) is 17.8 Å². The zero-order valence-corrected chi connectivity index (χ0v) is 13.3. The van der Waals surface area contributed by atoms with Crippen LogP contribution in [0.1, 0.15) is 45.4 Å². The van der Waals surface area contributed by atoms with E-state index in [0.717, 1.165) is 51.7 Å². The van der Waals surface area contributed by atoms with Gasteiger partial charge in [-0.25, -0.2) is 0 Å². The molecule has 2 fully saturated rings. The van der Waals surface area contributed by atoms with Crippen LogP contribution in [0.2, 0.25) is 0 Å². The van der Waals surface area contributed by atoms with E-state index >= 15 is 0 Å². The number of hydrogen-bond acceptors (Lipinski definition) is 4. The molecule has 2 saturated heterocycles. The molecule has 2 rings (SSSR count). The van der Waals surface area contributed by atoms with Crippen molar-refractivity contribution in [3.63, 3.8) is 0 Å². The summed E-state index contributed by atoms with van der Waals surface area (Å²) < 4.78 is 4.80. The minimum Gasteiger partial charge on any atom is -0.469 e. The number of amides is 1. The molecular formula is C16H28N2O3. The summed E-state index contributed by atoms with van der Waals surface area (Å²) in [5.41, 5.74) is 0. The predicted molar refractivity (Wildman–Crippen MR) is 80.8 cm³/mol. The topological polar surface area (TPSA) is 49.9 Å². The molecular weight excluding hydrogens is 268 g/mol. The number of carbonyl (C=O) groups excluding carboxylic acids is 2. The average Bonchev–Trinajstić information content (AvgIpc) is 2.54. The lowest BCUT2D eigenvalue weighted by molar-refractivity contribution is -0.147. The lowest BCUT2D eigenvalue weighted by Gasteiger charge is -2.37. The van der Waals surface area contributed by atoms with Gasteiger partial charge >= 0.3 is 5.97 Å². The number of piperidine rings is 2. The Morgan fingerprint density at radius 3 is 2.43 bits per heavy atom. The summed E-state index contributed by atoms with van der Waals surface area (Å²) in [6, 6.07) is 0.429. The molecule has 21 heavy (non-hydrogen) atoms. The van der Waals surface area contributed by atoms with Crippen molar-refractivity contribution in [3.8, 4) is 0 Å². The fraction of sp³-hybridized carbons (Fsp3) is 0.875. The Balaban J connectivity index is 1.80. The van der Waals surface area contributed by atoms with Crippen LogP contribution in [-0.2, 0) is 14.3 Å². The fourth-order valence-electron chi connectivity index (χ4n) is 3.53. The molecule has 1 atom stereocenters. The van der Waals surface area contributed by atoms with Crippen LogP contribution in [-0.4, -0.2) is 61.0 Å². The van der Waals surface area contributed by atoms with E-state index < -0.39 is 0 Å². The van der Waals surface area contributed by atoms with E-state index in [1.807, 2.05) is 0 Å². The number of carbonyl (C=O) groups is 2. The van der Waals surface area contributed by atoms with Crippen molar-refractivity contribution >= 4 is 11.9 Å². The molecule has 2 aliphatic heterocycles. The molecule has 0 aliphatic carbocycles. The Morgan fingerprint density at radius 2 is 1.81 bits per heavy atom. The van der Waals surface area contributed by atoms with Gasteiger partial charge in [0.2, 0.25) is 5.91 Å². The molecule has 0 aromatic carbocycles. The molecule has 0 spiro atoms. The minimum absolute atomic E-state index is 0.0136. The highest BCUT2D eigenvalue weighted by molar-refractivity contribution is 5.79. The molecule has 0 radical (unpaired) electrons. The van der Waals surface area contributed by atoms with Crippen molar-refractivity contribution in [1.29, 1.82) is 0 Å². The van der Waals surface area contributed by atoms with E-state index in [2.05, 4.69) is 16.7 Å². The summed E-state index contributed by atoms with van der Waals surface area (Å²) in [5, 5.41) is 0. The summed E-state index contributed by atoms with van der Waals surface area (Å²) in [6.07, 6.45) is 6.18. The molecule has 1 amide bonds. The van der Waals surface area contributed by atoms with Crippen molar-refractivity contribution in [2.75, 3.05) is 33.3 Å². The van der Waals surface area contributed by atoms with Gasteiger partial charge in [-0.2, -0.15) is 0 Å². The van der Waals surface area contributed by atoms with Crippen LogP contribution < -0.4 is 0 Å². The lowest BCUT2D eigenvalue weighted by Crippen LogP contribution is -2.49. The monoisotopic (exact) mass is 296 g/mol. The largest absolute Gasteiger partial charge is 0.469 e. The third-order valence-corrected chi connectivity index (χ3v) is 4.90. The van der Waals surface area contributed by atoms with Gasteiger partial charge < -0.3 is 9.64 Å². The van der Waals surface area contributed by atoms with E-state index in [9.17, 15) is 9.59 Å². The molecule has 0 aromatic rings. The number of hydrogen-bond donors (Lipinski definition) is 0. The van der Waals surface area contributed by atoms with Crippen molar-refractivity contribution in [3.05, 3.63) is 0 Å². The maximum absolute atomic E-state index is 12.5. The summed E-state index contributed by atoms with van der Waals surface area (Å²) in [6.45, 7) is 5.21. The van der Waals surface area contributed by atoms with E-state index in [1.54, 1.807) is 0 Å². The van der Waals surface area contributed by atoms with Crippen LogP contribution in [0.25, 0.3) is 0 Å². The first kappa shape index (κ1) is 16.3. The minimum atomic E-state index is -0.108. The average molecular weight is 296 g/mol. The third kappa shape index (κ3) is 4.19. The molecule has 2 heterocycles. The van der Waals surface area contributed by atoms with Gasteiger partial charge in [0.1, 0.15) is 0 Å². The summed E-state index contributed by atoms with van der Waals surface area (Å²) >= 11 is 0. The van der Waals surface area contributed by atoms with Crippen LogP contribution in [0.3, 0.4) is 0 Å². The zero-order valence-electron chi connectivity index (χ0n) is 13.3. The van der Waals surface area contributed by atoms with Crippen LogP contribution in [0.15, 0.2) is 0 Å². The highest BCUT2D eigenvalue weighted by Crippen LogP contribution is 2.21. The standard InChI is InChI=1S/C16H28N2O3/c1-3-14-6-4-5-9-18(14)15(19)12-17-10-7-13(8-11-17)16(20)21-2/h13-14H,3-12H2,1-2H3. The first-order valence-electron chi connectivity index (χ1n) is 8.25. The number of methoxy groups -OCH3 is 1. The van der Waals surface area contributed by atoms with Crippen LogP contribution >= 0.6 is 0 Å². The number of rotatable bonds is 4. The van der Waals surface area contributed by atoms with E-state index in [1.165, 1.54) is 13.5 Å². The third-order valence-electron chi connectivity index (χ3n) is 4.90. The number of likely N-dealkylation sites (tertiary alicyclic amines) is 2. The van der Waals surface area contributed by atoms with Gasteiger partial charge in [-0.1, -0.05) is 6.92 Å². The van der Waals surface area contributed by atoms with Crippen molar-refractivity contribution in [2.45, 2.75) is 51.5 Å². The van der Waals surface area contributed by atoms with Crippen LogP contribution in [0, 0.1) is 5.92 Å². The Kier molecular flexibility index (Phi) is 6.03. The summed E-state index contributed by atoms with van der Waals surface area (Å²) in [5.74, 6) is 0.167. The Bertz CT molecular complexity index is 365. The Hall–Kier alpha value is -1.10. The van der Waals surface area contributed by atoms with Gasteiger partial charge in [0, 0.05) is 12.6 Å². The SMILES string of the molecule is CCC1CCCCN1C(=O)CN1CCC(C(=O)OC)CC1. The number of nitrogens with zero attached hydrogens (tertiary/aromatic N) is 2. The maximum Gasteiger partial charge on any atom is 0.308 e. The van der Waals surface area contributed by atoms with Gasteiger partial charge in [-0.05, 0) is 51.6 Å². The quantitative estimate of drug-likeness (QED) is 0.740. The Morgan fingerprint density at radius 1 is 1.10 bits per heavy atom. The normalized spacial score (nSPS) is 24.9. The predicted octanol–water partition coefficient (Wildman–Crippen LogP) is 1.66. The van der Waals surface area contributed by atoms with Crippen molar-refractivity contribution in [1.82, 2.24) is 9.80 Å². The number of esters is 1. The van der Waals surface area contributed by atoms with Crippen LogP contribution in [0.4, 0.5) is 0 Å². The molecule has 120 valence electrons. The van der Waals surface area contributed by atoms with Crippen molar-refractivity contribution in [2.24, 2.45) is 5.92 Å². The molecule has 0 aromatic heterocycles. The highest BCUT2D eigenvalue weighted by Gasteiger charge is 2.29. The zero-order chi connectivity index (χ0) is 15.2. The second-order valence-electron chi connectivity index (χ2n) is 6.22. The van der Waals surface area contributed by atoms with Gasteiger partial charge in [-0.3, -0.25) is 14.5 Å². The smallest absolute Gasteiger partial charge is 0.308 e. The number of ether oxygens (including phenoxy) is 1. The first-order chi connectivity index (χ1) is 10.2. The molecule has 0 N–H and O–H groups in total. The van der Waals surface area contributed by atoms with E-state index in [0.29, 0.717) is 12.6 Å². The van der Waals surface area contributed by atoms with Crippen molar-refractivity contribution < 1.29 is 14.3 Å². The molecule has 0 bridgehead atoms. The van der Waals surface area contributed by atoms with Gasteiger partial charge in [0.05, 0.1) is 19.6 Å². The molecule has 5 heteroatoms. The molecule has 2 aliphatic rings. The van der Waals surface area contributed by atoms with Crippen LogP contribution in [0.5, 0.6) is 0 Å². The Labute approximate surface area is 127 Å². The summed E-state index contributed by atoms with van der Waals surface area (Å²) in [7, 11) is 1.44. The highest BCUT2D eigenvalue weighted by atomic mass is 16.5. The first-order valence-corrected chi connectivity index (χ1v) is 8.25. The van der Waals surface area contributed by atoms with E-state index in [4.69, 9.17) is 4.74 Å².